The Morgan fingerprint density at radius 3 is 2.95 bits per heavy atom. The molecule has 3 rings (SSSR count). The maximum Gasteiger partial charge on any atom is 0.185 e. The number of likely N-dealkylation sites (N-methyl/N-ethyl adjacent to an activating group) is 1. The standard InChI is InChI=1S/C15H25N3O2S/c1-17(11-13-4-2-3-7-20-13)12-14-10-16-15(21-14)18-5-8-19-9-6-18/h10,13H,2-9,11-12H2,1H3/t13-/m0/s1. The first-order valence-corrected chi connectivity index (χ1v) is 8.70. The van der Waals surface area contributed by atoms with E-state index in [0.717, 1.165) is 51.1 Å². The molecule has 0 N–H and O–H groups in total. The summed E-state index contributed by atoms with van der Waals surface area (Å²) >= 11 is 1.81. The smallest absolute Gasteiger partial charge is 0.185 e. The van der Waals surface area contributed by atoms with Gasteiger partial charge < -0.3 is 14.4 Å². The maximum absolute atomic E-state index is 5.81. The third-order valence-corrected chi connectivity index (χ3v) is 5.08. The lowest BCUT2D eigenvalue weighted by molar-refractivity contribution is -0.00246. The van der Waals surface area contributed by atoms with Crippen LogP contribution in [-0.4, -0.2) is 62.5 Å². The third kappa shape index (κ3) is 4.39. The predicted octanol–water partition coefficient (Wildman–Crippen LogP) is 1.98. The molecule has 0 saturated carbocycles. The molecule has 6 heteroatoms. The van der Waals surface area contributed by atoms with Gasteiger partial charge in [-0.1, -0.05) is 0 Å². The summed E-state index contributed by atoms with van der Waals surface area (Å²) in [5.74, 6) is 0. The average Bonchev–Trinajstić information content (AvgIpc) is 2.97. The van der Waals surface area contributed by atoms with Crippen LogP contribution in [-0.2, 0) is 16.0 Å². The van der Waals surface area contributed by atoms with Gasteiger partial charge in [0.05, 0.1) is 19.3 Å². The molecule has 3 heterocycles. The average molecular weight is 311 g/mol. The second-order valence-corrected chi connectivity index (χ2v) is 6.99. The van der Waals surface area contributed by atoms with Crippen molar-refractivity contribution in [3.63, 3.8) is 0 Å². The minimum absolute atomic E-state index is 0.412. The van der Waals surface area contributed by atoms with Gasteiger partial charge in [-0.25, -0.2) is 4.98 Å². The number of ether oxygens (including phenoxy) is 2. The number of morpholine rings is 1. The summed E-state index contributed by atoms with van der Waals surface area (Å²) in [5.41, 5.74) is 0. The predicted molar refractivity (Wildman–Crippen MR) is 85.1 cm³/mol. The second-order valence-electron chi connectivity index (χ2n) is 5.89. The maximum atomic E-state index is 5.81. The van der Waals surface area contributed by atoms with Crippen LogP contribution in [0.2, 0.25) is 0 Å². The molecule has 0 bridgehead atoms. The van der Waals surface area contributed by atoms with Gasteiger partial charge in [-0.05, 0) is 26.3 Å². The van der Waals surface area contributed by atoms with Crippen molar-refractivity contribution >= 4 is 16.5 Å². The van der Waals surface area contributed by atoms with Gasteiger partial charge in [0.25, 0.3) is 0 Å². The van der Waals surface area contributed by atoms with E-state index in [1.165, 1.54) is 24.1 Å². The van der Waals surface area contributed by atoms with Gasteiger partial charge in [-0.3, -0.25) is 4.90 Å². The monoisotopic (exact) mass is 311 g/mol. The molecular weight excluding hydrogens is 286 g/mol. The van der Waals surface area contributed by atoms with Crippen molar-refractivity contribution in [3.8, 4) is 0 Å². The first-order chi connectivity index (χ1) is 10.3. The molecule has 0 unspecified atom stereocenters. The molecule has 21 heavy (non-hydrogen) atoms. The molecule has 2 fully saturated rings. The highest BCUT2D eigenvalue weighted by Crippen LogP contribution is 2.24. The Morgan fingerprint density at radius 2 is 2.19 bits per heavy atom. The summed E-state index contributed by atoms with van der Waals surface area (Å²) in [6.07, 6.45) is 6.16. The van der Waals surface area contributed by atoms with E-state index in [-0.39, 0.29) is 0 Å². The van der Waals surface area contributed by atoms with Crippen molar-refractivity contribution in [3.05, 3.63) is 11.1 Å². The Kier molecular flexibility index (Phi) is 5.46. The molecule has 2 aliphatic rings. The van der Waals surface area contributed by atoms with E-state index in [1.807, 2.05) is 6.20 Å². The summed E-state index contributed by atoms with van der Waals surface area (Å²) in [4.78, 5) is 10.6. The van der Waals surface area contributed by atoms with E-state index in [9.17, 15) is 0 Å². The Morgan fingerprint density at radius 1 is 1.33 bits per heavy atom. The number of hydrogen-bond acceptors (Lipinski definition) is 6. The molecule has 2 aliphatic heterocycles. The van der Waals surface area contributed by atoms with E-state index in [0.29, 0.717) is 6.10 Å². The lowest BCUT2D eigenvalue weighted by atomic mass is 10.1. The fourth-order valence-corrected chi connectivity index (χ4v) is 3.94. The van der Waals surface area contributed by atoms with Crippen molar-refractivity contribution in [2.24, 2.45) is 0 Å². The summed E-state index contributed by atoms with van der Waals surface area (Å²) in [6, 6.07) is 0. The number of aromatic nitrogens is 1. The fourth-order valence-electron chi connectivity index (χ4n) is 2.90. The van der Waals surface area contributed by atoms with Gasteiger partial charge in [-0.2, -0.15) is 0 Å². The van der Waals surface area contributed by atoms with Gasteiger partial charge in [-0.15, -0.1) is 11.3 Å². The van der Waals surface area contributed by atoms with Crippen molar-refractivity contribution in [2.75, 3.05) is 51.4 Å². The number of thiazole rings is 1. The van der Waals surface area contributed by atoms with Crippen LogP contribution in [0.25, 0.3) is 0 Å². The van der Waals surface area contributed by atoms with E-state index in [2.05, 4.69) is 21.8 Å². The summed E-state index contributed by atoms with van der Waals surface area (Å²) < 4.78 is 11.2. The van der Waals surface area contributed by atoms with Crippen LogP contribution in [0.4, 0.5) is 5.13 Å². The van der Waals surface area contributed by atoms with Crippen LogP contribution < -0.4 is 4.90 Å². The van der Waals surface area contributed by atoms with Crippen LogP contribution >= 0.6 is 11.3 Å². The molecule has 118 valence electrons. The van der Waals surface area contributed by atoms with E-state index >= 15 is 0 Å². The van der Waals surface area contributed by atoms with Crippen molar-refractivity contribution in [1.82, 2.24) is 9.88 Å². The molecule has 0 aliphatic carbocycles. The normalized spacial score (nSPS) is 23.7. The molecule has 5 nitrogen and oxygen atoms in total. The highest BCUT2D eigenvalue weighted by molar-refractivity contribution is 7.15. The number of anilines is 1. The highest BCUT2D eigenvalue weighted by atomic mass is 32.1. The van der Waals surface area contributed by atoms with Crippen LogP contribution in [0, 0.1) is 0 Å². The third-order valence-electron chi connectivity index (χ3n) is 4.04. The van der Waals surface area contributed by atoms with Crippen molar-refractivity contribution in [1.29, 1.82) is 0 Å². The van der Waals surface area contributed by atoms with Gasteiger partial charge in [0.2, 0.25) is 0 Å². The first kappa shape index (κ1) is 15.2. The first-order valence-electron chi connectivity index (χ1n) is 7.89. The topological polar surface area (TPSA) is 37.8 Å². The van der Waals surface area contributed by atoms with Crippen LogP contribution in [0.15, 0.2) is 6.20 Å². The van der Waals surface area contributed by atoms with E-state index in [1.54, 1.807) is 11.3 Å². The van der Waals surface area contributed by atoms with E-state index in [4.69, 9.17) is 9.47 Å². The summed E-state index contributed by atoms with van der Waals surface area (Å²) in [7, 11) is 2.17. The zero-order valence-corrected chi connectivity index (χ0v) is 13.6. The lowest BCUT2D eigenvalue weighted by Crippen LogP contribution is -2.36. The molecule has 2 saturated heterocycles. The fraction of sp³-hybridized carbons (Fsp3) is 0.800. The van der Waals surface area contributed by atoms with E-state index < -0.39 is 0 Å². The van der Waals surface area contributed by atoms with Gasteiger partial charge in [0.15, 0.2) is 5.13 Å². The quantitative estimate of drug-likeness (QED) is 0.831. The number of hydrogen-bond donors (Lipinski definition) is 0. The molecule has 0 aromatic carbocycles. The molecule has 1 aromatic rings. The SMILES string of the molecule is CN(Cc1cnc(N2CCOCC2)s1)C[C@@H]1CCCCO1. The zero-order valence-electron chi connectivity index (χ0n) is 12.8. The molecule has 1 atom stereocenters. The lowest BCUT2D eigenvalue weighted by Gasteiger charge is -2.27. The Labute approximate surface area is 130 Å². The molecule has 0 spiro atoms. The van der Waals surface area contributed by atoms with Crippen LogP contribution in [0.3, 0.4) is 0 Å². The second kappa shape index (κ2) is 7.54. The molecule has 0 amide bonds. The van der Waals surface area contributed by atoms with Gasteiger partial charge in [0, 0.05) is 43.9 Å². The molecular formula is C15H25N3O2S. The molecule has 0 radical (unpaired) electrons. The Hall–Kier alpha value is -0.690. The highest BCUT2D eigenvalue weighted by Gasteiger charge is 2.18. The number of nitrogens with zero attached hydrogens (tertiary/aromatic N) is 3. The van der Waals surface area contributed by atoms with Gasteiger partial charge >= 0.3 is 0 Å². The van der Waals surface area contributed by atoms with Crippen LogP contribution in [0.5, 0.6) is 0 Å². The largest absolute Gasteiger partial charge is 0.378 e. The Balaban J connectivity index is 1.49. The minimum atomic E-state index is 0.412. The van der Waals surface area contributed by atoms with Crippen LogP contribution in [0.1, 0.15) is 24.1 Å². The molecule has 1 aromatic heterocycles. The minimum Gasteiger partial charge on any atom is -0.378 e. The number of rotatable bonds is 5. The van der Waals surface area contributed by atoms with Crippen molar-refractivity contribution in [2.45, 2.75) is 31.9 Å². The Bertz CT molecular complexity index is 428. The summed E-state index contributed by atoms with van der Waals surface area (Å²) in [5, 5.41) is 1.13. The summed E-state index contributed by atoms with van der Waals surface area (Å²) in [6.45, 7) is 6.45. The van der Waals surface area contributed by atoms with Crippen molar-refractivity contribution < 1.29 is 9.47 Å². The van der Waals surface area contributed by atoms with Gasteiger partial charge in [0.1, 0.15) is 0 Å². The zero-order chi connectivity index (χ0) is 14.5.